The number of carbonyl (C=O) groups excluding carboxylic acids is 1. The Bertz CT molecular complexity index is 755. The van der Waals surface area contributed by atoms with Crippen molar-refractivity contribution in [2.24, 2.45) is 0 Å². The molecule has 3 aromatic rings. The van der Waals surface area contributed by atoms with Gasteiger partial charge in [0, 0.05) is 5.56 Å². The maximum atomic E-state index is 11.7. The topological polar surface area (TPSA) is 55.0 Å². The van der Waals surface area contributed by atoms with Crippen LogP contribution in [0.3, 0.4) is 0 Å². The van der Waals surface area contributed by atoms with Gasteiger partial charge in [0.25, 0.3) is 0 Å². The number of H-pyrrole nitrogens is 1. The Kier molecular flexibility index (Phi) is 3.51. The third kappa shape index (κ3) is 2.69. The Morgan fingerprint density at radius 1 is 1.19 bits per heavy atom. The number of carbonyl (C=O) groups is 1. The second-order valence-corrected chi connectivity index (χ2v) is 4.57. The third-order valence-electron chi connectivity index (χ3n) is 3.12. The summed E-state index contributed by atoms with van der Waals surface area (Å²) in [7, 11) is 0. The van der Waals surface area contributed by atoms with Crippen LogP contribution in [0.25, 0.3) is 22.4 Å². The van der Waals surface area contributed by atoms with Gasteiger partial charge in [-0.15, -0.1) is 0 Å². The molecule has 4 nitrogen and oxygen atoms in total. The number of nitrogens with zero attached hydrogens (tertiary/aromatic N) is 1. The molecule has 1 aromatic heterocycles. The Morgan fingerprint density at radius 2 is 1.95 bits per heavy atom. The maximum absolute atomic E-state index is 11.7. The van der Waals surface area contributed by atoms with Crippen LogP contribution in [0.1, 0.15) is 10.4 Å². The molecule has 0 saturated heterocycles. The molecular weight excluding hydrogens is 264 g/mol. The van der Waals surface area contributed by atoms with Crippen molar-refractivity contribution in [2.45, 2.75) is 0 Å². The zero-order chi connectivity index (χ0) is 14.7. The van der Waals surface area contributed by atoms with Gasteiger partial charge in [-0.2, -0.15) is 0 Å². The summed E-state index contributed by atoms with van der Waals surface area (Å²) in [5, 5.41) is 0. The van der Waals surface area contributed by atoms with E-state index < -0.39 is 0 Å². The molecule has 3 rings (SSSR count). The van der Waals surface area contributed by atoms with Gasteiger partial charge in [0.05, 0.1) is 16.6 Å². The Morgan fingerprint density at radius 3 is 2.67 bits per heavy atom. The van der Waals surface area contributed by atoms with Crippen molar-refractivity contribution in [3.05, 3.63) is 66.7 Å². The zero-order valence-electron chi connectivity index (χ0n) is 11.4. The second kappa shape index (κ2) is 5.63. The molecule has 0 aliphatic rings. The molecule has 0 unspecified atom stereocenters. The predicted molar refractivity (Wildman–Crippen MR) is 82.0 cm³/mol. The molecule has 0 aliphatic carbocycles. The third-order valence-corrected chi connectivity index (χ3v) is 3.12. The standard InChI is InChI=1S/C17H14N2O2/c1-2-11-21-17(20)13-9-7-12(8-10-13)16-18-14-5-3-4-6-15(14)19-16/h2-10H,1,11H2,(H,18,19). The first-order valence-corrected chi connectivity index (χ1v) is 6.61. The van der Waals surface area contributed by atoms with E-state index in [9.17, 15) is 4.79 Å². The van der Waals surface area contributed by atoms with Crippen molar-refractivity contribution in [3.63, 3.8) is 0 Å². The first-order valence-electron chi connectivity index (χ1n) is 6.61. The molecular formula is C17H14N2O2. The molecule has 21 heavy (non-hydrogen) atoms. The number of fused-ring (bicyclic) bond motifs is 1. The fourth-order valence-electron chi connectivity index (χ4n) is 2.07. The van der Waals surface area contributed by atoms with Crippen molar-refractivity contribution in [2.75, 3.05) is 6.61 Å². The van der Waals surface area contributed by atoms with Crippen LogP contribution in [0.15, 0.2) is 61.2 Å². The number of imidazole rings is 1. The summed E-state index contributed by atoms with van der Waals surface area (Å²) in [6.45, 7) is 3.72. The molecule has 2 aromatic carbocycles. The molecule has 0 bridgehead atoms. The average molecular weight is 278 g/mol. The van der Waals surface area contributed by atoms with Gasteiger partial charge in [0.15, 0.2) is 0 Å². The number of esters is 1. The number of para-hydroxylation sites is 2. The smallest absolute Gasteiger partial charge is 0.338 e. The first kappa shape index (κ1) is 13.1. The van der Waals surface area contributed by atoms with Crippen molar-refractivity contribution < 1.29 is 9.53 Å². The van der Waals surface area contributed by atoms with E-state index in [1.807, 2.05) is 36.4 Å². The number of rotatable bonds is 4. The van der Waals surface area contributed by atoms with E-state index in [-0.39, 0.29) is 12.6 Å². The molecule has 0 spiro atoms. The van der Waals surface area contributed by atoms with Gasteiger partial charge in [-0.3, -0.25) is 0 Å². The molecule has 4 heteroatoms. The Hall–Kier alpha value is -2.88. The lowest BCUT2D eigenvalue weighted by atomic mass is 10.1. The normalized spacial score (nSPS) is 10.5. The fourth-order valence-corrected chi connectivity index (χ4v) is 2.07. The summed E-state index contributed by atoms with van der Waals surface area (Å²) in [5.74, 6) is 0.424. The number of ether oxygens (including phenoxy) is 1. The van der Waals surface area contributed by atoms with Crippen LogP contribution in [0.2, 0.25) is 0 Å². The molecule has 0 saturated carbocycles. The molecule has 0 aliphatic heterocycles. The van der Waals surface area contributed by atoms with Crippen LogP contribution in [0.5, 0.6) is 0 Å². The van der Waals surface area contributed by atoms with Gasteiger partial charge in [0.2, 0.25) is 0 Å². The minimum Gasteiger partial charge on any atom is -0.458 e. The SMILES string of the molecule is C=CCOC(=O)c1ccc(-c2nc3ccccc3[nH]2)cc1. The van der Waals surface area contributed by atoms with Crippen LogP contribution in [-0.2, 0) is 4.74 Å². The highest BCUT2D eigenvalue weighted by molar-refractivity contribution is 5.90. The van der Waals surface area contributed by atoms with Crippen molar-refractivity contribution in [1.82, 2.24) is 9.97 Å². The number of benzene rings is 2. The lowest BCUT2D eigenvalue weighted by Crippen LogP contribution is -2.04. The van der Waals surface area contributed by atoms with Crippen LogP contribution in [0.4, 0.5) is 0 Å². The second-order valence-electron chi connectivity index (χ2n) is 4.57. The van der Waals surface area contributed by atoms with E-state index >= 15 is 0 Å². The van der Waals surface area contributed by atoms with Gasteiger partial charge < -0.3 is 9.72 Å². The van der Waals surface area contributed by atoms with Crippen molar-refractivity contribution >= 4 is 17.0 Å². The van der Waals surface area contributed by atoms with Crippen LogP contribution >= 0.6 is 0 Å². The van der Waals surface area contributed by atoms with E-state index in [1.165, 1.54) is 0 Å². The summed E-state index contributed by atoms with van der Waals surface area (Å²) in [6, 6.07) is 15.0. The van der Waals surface area contributed by atoms with Gasteiger partial charge in [-0.05, 0) is 24.3 Å². The summed E-state index contributed by atoms with van der Waals surface area (Å²) in [5.41, 5.74) is 3.34. The van der Waals surface area contributed by atoms with Gasteiger partial charge >= 0.3 is 5.97 Å². The maximum Gasteiger partial charge on any atom is 0.338 e. The highest BCUT2D eigenvalue weighted by atomic mass is 16.5. The van der Waals surface area contributed by atoms with E-state index in [2.05, 4.69) is 16.5 Å². The molecule has 0 atom stereocenters. The highest BCUT2D eigenvalue weighted by Gasteiger charge is 2.08. The van der Waals surface area contributed by atoms with Crippen LogP contribution in [-0.4, -0.2) is 22.5 Å². The minimum absolute atomic E-state index is 0.212. The first-order chi connectivity index (χ1) is 10.3. The van der Waals surface area contributed by atoms with Gasteiger partial charge in [0.1, 0.15) is 12.4 Å². The number of hydrogen-bond acceptors (Lipinski definition) is 3. The van der Waals surface area contributed by atoms with Crippen molar-refractivity contribution in [1.29, 1.82) is 0 Å². The van der Waals surface area contributed by atoms with Gasteiger partial charge in [-0.1, -0.05) is 36.9 Å². The zero-order valence-corrected chi connectivity index (χ0v) is 11.4. The highest BCUT2D eigenvalue weighted by Crippen LogP contribution is 2.20. The quantitative estimate of drug-likeness (QED) is 0.586. The molecule has 0 amide bonds. The summed E-state index contributed by atoms with van der Waals surface area (Å²) >= 11 is 0. The fraction of sp³-hybridized carbons (Fsp3) is 0.0588. The van der Waals surface area contributed by atoms with E-state index in [4.69, 9.17) is 4.74 Å². The van der Waals surface area contributed by atoms with Crippen LogP contribution in [0, 0.1) is 0 Å². The molecule has 1 heterocycles. The summed E-state index contributed by atoms with van der Waals surface area (Å²) in [6.07, 6.45) is 1.54. The summed E-state index contributed by atoms with van der Waals surface area (Å²) < 4.78 is 4.99. The predicted octanol–water partition coefficient (Wildman–Crippen LogP) is 3.57. The minimum atomic E-state index is -0.356. The number of aromatic amines is 1. The lowest BCUT2D eigenvalue weighted by Gasteiger charge is -2.02. The van der Waals surface area contributed by atoms with E-state index in [0.717, 1.165) is 22.4 Å². The van der Waals surface area contributed by atoms with Gasteiger partial charge in [-0.25, -0.2) is 9.78 Å². The largest absolute Gasteiger partial charge is 0.458 e. The number of hydrogen-bond donors (Lipinski definition) is 1. The Balaban J connectivity index is 1.86. The molecule has 0 radical (unpaired) electrons. The van der Waals surface area contributed by atoms with Crippen molar-refractivity contribution in [3.8, 4) is 11.4 Å². The number of nitrogens with one attached hydrogen (secondary N) is 1. The molecule has 0 fully saturated rings. The lowest BCUT2D eigenvalue weighted by molar-refractivity contribution is 0.0550. The Labute approximate surface area is 122 Å². The average Bonchev–Trinajstić information content (AvgIpc) is 2.96. The molecule has 104 valence electrons. The number of aromatic nitrogens is 2. The summed E-state index contributed by atoms with van der Waals surface area (Å²) in [4.78, 5) is 19.5. The van der Waals surface area contributed by atoms with E-state index in [1.54, 1.807) is 18.2 Å². The monoisotopic (exact) mass is 278 g/mol. The van der Waals surface area contributed by atoms with E-state index in [0.29, 0.717) is 5.56 Å². The molecule has 1 N–H and O–H groups in total. The van der Waals surface area contributed by atoms with Crippen LogP contribution < -0.4 is 0 Å².